The number of rotatable bonds is 6. The first-order chi connectivity index (χ1) is 9.01. The van der Waals surface area contributed by atoms with E-state index in [1.807, 2.05) is 19.1 Å². The first-order valence-corrected chi connectivity index (χ1v) is 7.32. The molecule has 0 bridgehead atoms. The first-order valence-electron chi connectivity index (χ1n) is 6.44. The molecule has 0 aliphatic heterocycles. The van der Waals surface area contributed by atoms with E-state index in [-0.39, 0.29) is 0 Å². The third kappa shape index (κ3) is 3.65. The van der Waals surface area contributed by atoms with Crippen LogP contribution >= 0.6 is 11.3 Å². The Labute approximate surface area is 117 Å². The topological polar surface area (TPSA) is 58.3 Å². The predicted octanol–water partition coefficient (Wildman–Crippen LogP) is 2.60. The summed E-state index contributed by atoms with van der Waals surface area (Å²) in [6.07, 6.45) is 0.966. The second-order valence-electron chi connectivity index (χ2n) is 4.87. The van der Waals surface area contributed by atoms with Gasteiger partial charge in [0.25, 0.3) is 0 Å². The van der Waals surface area contributed by atoms with Gasteiger partial charge in [-0.15, -0.1) is 11.3 Å². The van der Waals surface area contributed by atoms with Gasteiger partial charge in [0, 0.05) is 18.5 Å². The van der Waals surface area contributed by atoms with Gasteiger partial charge in [-0.3, -0.25) is 0 Å². The van der Waals surface area contributed by atoms with Crippen LogP contribution in [0.3, 0.4) is 0 Å². The van der Waals surface area contributed by atoms with E-state index in [1.54, 1.807) is 18.3 Å². The van der Waals surface area contributed by atoms with Crippen molar-refractivity contribution in [2.75, 3.05) is 6.54 Å². The molecular formula is C14H20N2O2S. The van der Waals surface area contributed by atoms with Crippen LogP contribution < -0.4 is 5.32 Å². The molecule has 0 aliphatic rings. The summed E-state index contributed by atoms with van der Waals surface area (Å²) in [7, 11) is 0. The summed E-state index contributed by atoms with van der Waals surface area (Å²) in [6, 6.07) is 3.67. The van der Waals surface area contributed by atoms with E-state index < -0.39 is 5.60 Å². The smallest absolute Gasteiger partial charge is 0.136 e. The van der Waals surface area contributed by atoms with Crippen molar-refractivity contribution in [3.8, 4) is 0 Å². The molecule has 4 nitrogen and oxygen atoms in total. The first kappa shape index (κ1) is 14.2. The molecule has 19 heavy (non-hydrogen) atoms. The number of thiazole rings is 1. The standard InChI is InChI=1S/C14H20N2O2S/c1-4-13-16-11(8-19-13)7-15-9-14(3,17)12-6-5-10(2)18-12/h5-6,8,15,17H,4,7,9H2,1-3H3. The Hall–Kier alpha value is -1.17. The zero-order valence-electron chi connectivity index (χ0n) is 11.6. The number of nitrogens with one attached hydrogen (secondary N) is 1. The molecule has 2 N–H and O–H groups in total. The zero-order chi connectivity index (χ0) is 13.9. The fraction of sp³-hybridized carbons (Fsp3) is 0.500. The Morgan fingerprint density at radius 1 is 1.47 bits per heavy atom. The normalized spacial score (nSPS) is 14.5. The van der Waals surface area contributed by atoms with Gasteiger partial charge in [0.05, 0.1) is 10.7 Å². The van der Waals surface area contributed by atoms with E-state index in [0.717, 1.165) is 22.9 Å². The summed E-state index contributed by atoms with van der Waals surface area (Å²) < 4.78 is 5.47. The summed E-state index contributed by atoms with van der Waals surface area (Å²) in [5.41, 5.74) is 0.0194. The van der Waals surface area contributed by atoms with Gasteiger partial charge >= 0.3 is 0 Å². The van der Waals surface area contributed by atoms with Crippen molar-refractivity contribution in [1.82, 2.24) is 10.3 Å². The van der Waals surface area contributed by atoms with Crippen molar-refractivity contribution >= 4 is 11.3 Å². The molecule has 0 saturated carbocycles. The lowest BCUT2D eigenvalue weighted by Crippen LogP contribution is -2.34. The highest BCUT2D eigenvalue weighted by Crippen LogP contribution is 2.22. The van der Waals surface area contributed by atoms with E-state index in [1.165, 1.54) is 0 Å². The van der Waals surface area contributed by atoms with Crippen LogP contribution in [0.2, 0.25) is 0 Å². The van der Waals surface area contributed by atoms with Gasteiger partial charge in [0.15, 0.2) is 0 Å². The van der Waals surface area contributed by atoms with Crippen LogP contribution in [0.15, 0.2) is 21.9 Å². The van der Waals surface area contributed by atoms with Crippen LogP contribution in [0.4, 0.5) is 0 Å². The van der Waals surface area contributed by atoms with Crippen LogP contribution in [0.1, 0.15) is 36.1 Å². The third-order valence-corrected chi connectivity index (χ3v) is 3.99. The lowest BCUT2D eigenvalue weighted by molar-refractivity contribution is 0.0332. The van der Waals surface area contributed by atoms with E-state index in [0.29, 0.717) is 18.8 Å². The number of aromatic nitrogens is 1. The highest BCUT2D eigenvalue weighted by atomic mass is 32.1. The monoisotopic (exact) mass is 280 g/mol. The molecule has 104 valence electrons. The van der Waals surface area contributed by atoms with Gasteiger partial charge in [-0.25, -0.2) is 4.98 Å². The summed E-state index contributed by atoms with van der Waals surface area (Å²) >= 11 is 1.68. The molecule has 0 saturated heterocycles. The Morgan fingerprint density at radius 3 is 2.84 bits per heavy atom. The number of aliphatic hydroxyl groups is 1. The summed E-state index contributed by atoms with van der Waals surface area (Å²) in [6.45, 7) is 6.80. The van der Waals surface area contributed by atoms with Crippen molar-refractivity contribution in [2.24, 2.45) is 0 Å². The third-order valence-electron chi connectivity index (χ3n) is 2.95. The molecule has 1 atom stereocenters. The SMILES string of the molecule is CCc1nc(CNCC(C)(O)c2ccc(C)o2)cs1. The van der Waals surface area contributed by atoms with Crippen molar-refractivity contribution in [2.45, 2.75) is 39.3 Å². The van der Waals surface area contributed by atoms with Crippen molar-refractivity contribution in [3.63, 3.8) is 0 Å². The molecule has 0 spiro atoms. The lowest BCUT2D eigenvalue weighted by Gasteiger charge is -2.21. The Balaban J connectivity index is 1.87. The highest BCUT2D eigenvalue weighted by molar-refractivity contribution is 7.09. The van der Waals surface area contributed by atoms with Crippen LogP contribution in [0.5, 0.6) is 0 Å². The molecule has 0 aromatic carbocycles. The molecular weight excluding hydrogens is 260 g/mol. The number of hydrogen-bond donors (Lipinski definition) is 2. The van der Waals surface area contributed by atoms with E-state index in [9.17, 15) is 5.11 Å². The fourth-order valence-electron chi connectivity index (χ4n) is 1.84. The van der Waals surface area contributed by atoms with Gasteiger partial charge in [-0.05, 0) is 32.4 Å². The fourth-order valence-corrected chi connectivity index (χ4v) is 2.58. The quantitative estimate of drug-likeness (QED) is 0.854. The second kappa shape index (κ2) is 5.86. The molecule has 2 aromatic rings. The van der Waals surface area contributed by atoms with E-state index >= 15 is 0 Å². The Bertz CT molecular complexity index is 531. The average molecular weight is 280 g/mol. The van der Waals surface area contributed by atoms with Crippen LogP contribution in [0.25, 0.3) is 0 Å². The number of aryl methyl sites for hydroxylation is 2. The summed E-state index contributed by atoms with van der Waals surface area (Å²) in [5.74, 6) is 1.40. The van der Waals surface area contributed by atoms with Gasteiger partial charge in [-0.2, -0.15) is 0 Å². The van der Waals surface area contributed by atoms with E-state index in [2.05, 4.69) is 22.6 Å². The maximum atomic E-state index is 10.4. The molecule has 0 radical (unpaired) electrons. The zero-order valence-corrected chi connectivity index (χ0v) is 12.4. The van der Waals surface area contributed by atoms with Crippen LogP contribution in [-0.2, 0) is 18.6 Å². The van der Waals surface area contributed by atoms with Gasteiger partial charge < -0.3 is 14.8 Å². The predicted molar refractivity (Wildman–Crippen MR) is 76.2 cm³/mol. The number of nitrogens with zero attached hydrogens (tertiary/aromatic N) is 1. The average Bonchev–Trinajstić information content (AvgIpc) is 2.98. The molecule has 2 heterocycles. The molecule has 0 aliphatic carbocycles. The molecule has 2 aromatic heterocycles. The summed E-state index contributed by atoms with van der Waals surface area (Å²) in [4.78, 5) is 4.48. The molecule has 0 fully saturated rings. The van der Waals surface area contributed by atoms with Crippen molar-refractivity contribution in [3.05, 3.63) is 39.7 Å². The Kier molecular flexibility index (Phi) is 4.39. The molecule has 0 amide bonds. The minimum Gasteiger partial charge on any atom is -0.463 e. The minimum atomic E-state index is -1.00. The van der Waals surface area contributed by atoms with Crippen molar-refractivity contribution in [1.29, 1.82) is 0 Å². The number of furan rings is 1. The lowest BCUT2D eigenvalue weighted by atomic mass is 10.0. The van der Waals surface area contributed by atoms with E-state index in [4.69, 9.17) is 4.42 Å². The second-order valence-corrected chi connectivity index (χ2v) is 5.82. The molecule has 1 unspecified atom stereocenters. The van der Waals surface area contributed by atoms with Crippen LogP contribution in [0, 0.1) is 6.92 Å². The van der Waals surface area contributed by atoms with Crippen molar-refractivity contribution < 1.29 is 9.52 Å². The molecule has 2 rings (SSSR count). The maximum Gasteiger partial charge on any atom is 0.136 e. The van der Waals surface area contributed by atoms with Gasteiger partial charge in [-0.1, -0.05) is 6.92 Å². The Morgan fingerprint density at radius 2 is 2.26 bits per heavy atom. The van der Waals surface area contributed by atoms with Gasteiger partial charge in [0.1, 0.15) is 17.1 Å². The highest BCUT2D eigenvalue weighted by Gasteiger charge is 2.26. The largest absolute Gasteiger partial charge is 0.463 e. The van der Waals surface area contributed by atoms with Gasteiger partial charge in [0.2, 0.25) is 0 Å². The number of hydrogen-bond acceptors (Lipinski definition) is 5. The summed E-state index contributed by atoms with van der Waals surface area (Å²) in [5, 5.41) is 16.8. The minimum absolute atomic E-state index is 0.430. The molecule has 5 heteroatoms. The van der Waals surface area contributed by atoms with Crippen LogP contribution in [-0.4, -0.2) is 16.6 Å². The maximum absolute atomic E-state index is 10.4.